The van der Waals surface area contributed by atoms with E-state index >= 15 is 0 Å². The number of unbranched alkanes of at least 4 members (excludes halogenated alkanes) is 1. The minimum Gasteiger partial charge on any atom is -0.313 e. The third-order valence-electron chi connectivity index (χ3n) is 6.57. The Bertz CT molecular complexity index is 1330. The van der Waals surface area contributed by atoms with Crippen LogP contribution in [-0.2, 0) is 13.0 Å². The Morgan fingerprint density at radius 2 is 1.49 bits per heavy atom. The average Bonchev–Trinajstić information content (AvgIpc) is 3.15. The van der Waals surface area contributed by atoms with E-state index in [9.17, 15) is 18.0 Å². The molecule has 7 heteroatoms. The normalized spacial score (nSPS) is 13.5. The summed E-state index contributed by atoms with van der Waals surface area (Å²) < 4.78 is 42.8. The van der Waals surface area contributed by atoms with Crippen LogP contribution in [0.2, 0.25) is 0 Å². The van der Waals surface area contributed by atoms with Gasteiger partial charge in [-0.25, -0.2) is 13.2 Å². The fourth-order valence-electron chi connectivity index (χ4n) is 4.86. The van der Waals surface area contributed by atoms with Gasteiger partial charge in [-0.2, -0.15) is 0 Å². The van der Waals surface area contributed by atoms with Gasteiger partial charge in [0.05, 0.1) is 5.52 Å². The third-order valence-corrected chi connectivity index (χ3v) is 6.57. The topological polar surface area (TPSA) is 25.2 Å². The van der Waals surface area contributed by atoms with Crippen LogP contribution in [0.5, 0.6) is 0 Å². The molecule has 0 saturated heterocycles. The van der Waals surface area contributed by atoms with Crippen molar-refractivity contribution in [2.24, 2.45) is 0 Å². The summed E-state index contributed by atoms with van der Waals surface area (Å²) >= 11 is 0. The van der Waals surface area contributed by atoms with Gasteiger partial charge in [0.25, 0.3) is 0 Å². The maximum Gasteiger partial charge on any atom is 0.162 e. The summed E-state index contributed by atoms with van der Waals surface area (Å²) in [5.41, 5.74) is 4.57. The monoisotopic (exact) mass is 498 g/mol. The molecule has 0 bridgehead atoms. The first kappa shape index (κ1) is 25.0. The molecule has 0 unspecified atom stereocenters. The number of rotatable bonds is 7. The second-order valence-corrected chi connectivity index (χ2v) is 8.81. The lowest BCUT2D eigenvalue weighted by Crippen LogP contribution is -2.31. The molecule has 0 N–H and O–H groups in total. The van der Waals surface area contributed by atoms with E-state index in [0.29, 0.717) is 18.5 Å². The maximum absolute atomic E-state index is 14.1. The van der Waals surface area contributed by atoms with Crippen molar-refractivity contribution in [3.8, 4) is 5.69 Å². The zero-order valence-corrected chi connectivity index (χ0v) is 20.0. The Morgan fingerprint density at radius 1 is 0.829 bits per heavy atom. The van der Waals surface area contributed by atoms with Gasteiger partial charge in [-0.3, -0.25) is 9.69 Å². The molecule has 1 aliphatic rings. The van der Waals surface area contributed by atoms with E-state index < -0.39 is 0 Å². The van der Waals surface area contributed by atoms with Gasteiger partial charge >= 0.3 is 0 Å². The molecule has 0 radical (unpaired) electrons. The summed E-state index contributed by atoms with van der Waals surface area (Å²) in [7, 11) is 0. The van der Waals surface area contributed by atoms with Crippen LogP contribution in [0.1, 0.15) is 40.9 Å². The second-order valence-electron chi connectivity index (χ2n) is 8.81. The molecule has 3 aromatic carbocycles. The lowest BCUT2D eigenvalue weighted by molar-refractivity contribution is 0.0977. The standard InChI is InChI=1S/C28H25F3N2O.ClH/c29-20-6-4-19(5-7-20)28(34)3-1-2-15-32-16-14-27-25(18-32)24-17-22(31)10-13-26(24)33(27)23-11-8-21(30)9-12-23;/h4-13,17H,1-3,14-16,18H2;1H. The van der Waals surface area contributed by atoms with Gasteiger partial charge in [-0.05, 0) is 91.7 Å². The number of ketones is 1. The molecule has 182 valence electrons. The fraction of sp³-hybridized carbons (Fsp3) is 0.250. The Kier molecular flexibility index (Phi) is 7.63. The van der Waals surface area contributed by atoms with Crippen LogP contribution in [0.4, 0.5) is 13.2 Å². The van der Waals surface area contributed by atoms with E-state index in [1.165, 1.54) is 42.5 Å². The predicted octanol–water partition coefficient (Wildman–Crippen LogP) is 6.88. The summed E-state index contributed by atoms with van der Waals surface area (Å²) in [6.45, 7) is 2.41. The van der Waals surface area contributed by atoms with E-state index in [1.54, 1.807) is 24.3 Å². The van der Waals surface area contributed by atoms with Crippen molar-refractivity contribution < 1.29 is 18.0 Å². The largest absolute Gasteiger partial charge is 0.313 e. The number of benzene rings is 3. The number of hydrogen-bond donors (Lipinski definition) is 0. The molecule has 0 amide bonds. The highest BCUT2D eigenvalue weighted by atomic mass is 35.5. The van der Waals surface area contributed by atoms with Crippen LogP contribution in [0, 0.1) is 17.5 Å². The van der Waals surface area contributed by atoms with E-state index in [2.05, 4.69) is 9.47 Å². The van der Waals surface area contributed by atoms with E-state index in [1.807, 2.05) is 0 Å². The number of fused-ring (bicyclic) bond motifs is 3. The minimum absolute atomic E-state index is 0. The first-order valence-corrected chi connectivity index (χ1v) is 11.6. The van der Waals surface area contributed by atoms with Crippen LogP contribution in [0.25, 0.3) is 16.6 Å². The number of nitrogens with zero attached hydrogens (tertiary/aromatic N) is 2. The zero-order valence-electron chi connectivity index (χ0n) is 19.1. The summed E-state index contributed by atoms with van der Waals surface area (Å²) in [5, 5.41) is 0.885. The second kappa shape index (κ2) is 10.7. The highest BCUT2D eigenvalue weighted by Crippen LogP contribution is 2.34. The highest BCUT2D eigenvalue weighted by Gasteiger charge is 2.25. The smallest absolute Gasteiger partial charge is 0.162 e. The van der Waals surface area contributed by atoms with Gasteiger partial charge in [-0.15, -0.1) is 12.4 Å². The Hall–Kier alpha value is -3.09. The molecule has 0 spiro atoms. The van der Waals surface area contributed by atoms with Gasteiger partial charge in [-0.1, -0.05) is 0 Å². The first-order valence-electron chi connectivity index (χ1n) is 11.6. The molecule has 5 rings (SSSR count). The molecule has 0 fully saturated rings. The van der Waals surface area contributed by atoms with Crippen LogP contribution in [0.3, 0.4) is 0 Å². The molecule has 0 atom stereocenters. The third kappa shape index (κ3) is 5.29. The van der Waals surface area contributed by atoms with Crippen molar-refractivity contribution in [1.29, 1.82) is 0 Å². The molecule has 1 aromatic heterocycles. The van der Waals surface area contributed by atoms with Gasteiger partial charge < -0.3 is 4.57 Å². The van der Waals surface area contributed by atoms with Crippen LogP contribution in [0.15, 0.2) is 66.7 Å². The summed E-state index contributed by atoms with van der Waals surface area (Å²) in [6.07, 6.45) is 2.86. The van der Waals surface area contributed by atoms with Crippen LogP contribution in [-0.4, -0.2) is 28.3 Å². The SMILES string of the molecule is Cl.O=C(CCCCN1CCc2c(c3cc(F)ccc3n2-c2ccc(F)cc2)C1)c1ccc(F)cc1. The molecule has 0 saturated carbocycles. The predicted molar refractivity (Wildman–Crippen MR) is 134 cm³/mol. The van der Waals surface area contributed by atoms with Gasteiger partial charge in [0, 0.05) is 48.3 Å². The van der Waals surface area contributed by atoms with Gasteiger partial charge in [0.1, 0.15) is 17.5 Å². The van der Waals surface area contributed by atoms with Crippen LogP contribution >= 0.6 is 12.4 Å². The molecule has 0 aliphatic carbocycles. The summed E-state index contributed by atoms with van der Waals surface area (Å²) in [6, 6.07) is 16.9. The zero-order chi connectivity index (χ0) is 23.7. The molecular weight excluding hydrogens is 473 g/mol. The van der Waals surface area contributed by atoms with E-state index in [0.717, 1.165) is 60.2 Å². The Labute approximate surface area is 208 Å². The fourth-order valence-corrected chi connectivity index (χ4v) is 4.86. The number of Topliss-reactive ketones (excluding diaryl/α,β-unsaturated/α-hetero) is 1. The number of carbonyl (C=O) groups excluding carboxylic acids is 1. The highest BCUT2D eigenvalue weighted by molar-refractivity contribution is 5.96. The van der Waals surface area contributed by atoms with Crippen molar-refractivity contribution in [3.05, 3.63) is 101 Å². The van der Waals surface area contributed by atoms with Crippen molar-refractivity contribution in [2.75, 3.05) is 13.1 Å². The molecule has 1 aliphatic heterocycles. The van der Waals surface area contributed by atoms with E-state index in [-0.39, 0.29) is 35.6 Å². The minimum atomic E-state index is -0.346. The molecule has 35 heavy (non-hydrogen) atoms. The molecular formula is C28H26ClF3N2O. The van der Waals surface area contributed by atoms with Crippen molar-refractivity contribution >= 4 is 29.1 Å². The van der Waals surface area contributed by atoms with Crippen molar-refractivity contribution in [2.45, 2.75) is 32.2 Å². The lowest BCUT2D eigenvalue weighted by Gasteiger charge is -2.28. The Balaban J connectivity index is 0.00000289. The molecule has 2 heterocycles. The number of aromatic nitrogens is 1. The number of carbonyl (C=O) groups is 1. The molecule has 4 aromatic rings. The summed E-state index contributed by atoms with van der Waals surface area (Å²) in [5.74, 6) is -0.882. The van der Waals surface area contributed by atoms with Crippen LogP contribution < -0.4 is 0 Å². The van der Waals surface area contributed by atoms with Gasteiger partial charge in [0.2, 0.25) is 0 Å². The number of halogens is 4. The quantitative estimate of drug-likeness (QED) is 0.205. The lowest BCUT2D eigenvalue weighted by atomic mass is 10.0. The molecule has 3 nitrogen and oxygen atoms in total. The maximum atomic E-state index is 14.1. The van der Waals surface area contributed by atoms with E-state index in [4.69, 9.17) is 0 Å². The first-order chi connectivity index (χ1) is 16.5. The average molecular weight is 499 g/mol. The van der Waals surface area contributed by atoms with Crippen molar-refractivity contribution in [3.63, 3.8) is 0 Å². The Morgan fingerprint density at radius 3 is 2.20 bits per heavy atom. The van der Waals surface area contributed by atoms with Crippen molar-refractivity contribution in [1.82, 2.24) is 9.47 Å². The summed E-state index contributed by atoms with van der Waals surface area (Å²) in [4.78, 5) is 14.6. The van der Waals surface area contributed by atoms with Gasteiger partial charge in [0.15, 0.2) is 5.78 Å². The number of hydrogen-bond acceptors (Lipinski definition) is 2.